The summed E-state index contributed by atoms with van der Waals surface area (Å²) in [6, 6.07) is -0.937. The van der Waals surface area contributed by atoms with Crippen molar-refractivity contribution >= 4 is 23.4 Å². The highest BCUT2D eigenvalue weighted by molar-refractivity contribution is 6.32. The third-order valence-electron chi connectivity index (χ3n) is 2.49. The quantitative estimate of drug-likeness (QED) is 0.852. The van der Waals surface area contributed by atoms with E-state index in [1.54, 1.807) is 13.2 Å². The molecule has 0 fully saturated rings. The lowest BCUT2D eigenvalue weighted by Gasteiger charge is -2.14. The predicted molar refractivity (Wildman–Crippen MR) is 70.8 cm³/mol. The molecule has 0 spiro atoms. The molecule has 2 N–H and O–H groups in total. The molecule has 2 aromatic rings. The Labute approximate surface area is 119 Å². The van der Waals surface area contributed by atoms with E-state index in [1.165, 1.54) is 24.2 Å². The monoisotopic (exact) mass is 297 g/mol. The van der Waals surface area contributed by atoms with Crippen molar-refractivity contribution in [2.75, 3.05) is 12.4 Å². The van der Waals surface area contributed by atoms with Crippen LogP contribution in [0.4, 0.5) is 5.82 Å². The molecule has 106 valence electrons. The van der Waals surface area contributed by atoms with Crippen molar-refractivity contribution in [3.63, 3.8) is 0 Å². The Morgan fingerprint density at radius 1 is 1.55 bits per heavy atom. The van der Waals surface area contributed by atoms with Crippen LogP contribution in [0.5, 0.6) is 6.01 Å². The molecule has 20 heavy (non-hydrogen) atoms. The van der Waals surface area contributed by atoms with Gasteiger partial charge in [-0.2, -0.15) is 10.1 Å². The number of anilines is 1. The molecular weight excluding hydrogens is 286 g/mol. The second kappa shape index (κ2) is 5.74. The van der Waals surface area contributed by atoms with E-state index in [-0.39, 0.29) is 16.9 Å². The number of aliphatic carboxylic acids is 1. The van der Waals surface area contributed by atoms with Gasteiger partial charge in [-0.3, -0.25) is 4.68 Å². The SMILES string of the molecule is COc1ncc(Cl)c(NC(C(=O)O)c2cnn(C)c2)n1. The lowest BCUT2D eigenvalue weighted by molar-refractivity contribution is -0.138. The van der Waals surface area contributed by atoms with E-state index in [0.29, 0.717) is 5.56 Å². The first kappa shape index (κ1) is 14.1. The number of hydrogen-bond donors (Lipinski definition) is 2. The molecule has 9 heteroatoms. The van der Waals surface area contributed by atoms with Gasteiger partial charge in [0, 0.05) is 18.8 Å². The zero-order valence-electron chi connectivity index (χ0n) is 10.7. The first-order valence-corrected chi connectivity index (χ1v) is 5.93. The molecule has 0 radical (unpaired) electrons. The highest BCUT2D eigenvalue weighted by atomic mass is 35.5. The van der Waals surface area contributed by atoms with Gasteiger partial charge in [-0.15, -0.1) is 0 Å². The van der Waals surface area contributed by atoms with Gasteiger partial charge in [0.2, 0.25) is 0 Å². The van der Waals surface area contributed by atoms with Crippen LogP contribution in [-0.2, 0) is 11.8 Å². The molecule has 0 aliphatic rings. The van der Waals surface area contributed by atoms with E-state index < -0.39 is 12.0 Å². The molecule has 1 unspecified atom stereocenters. The van der Waals surface area contributed by atoms with Gasteiger partial charge in [-0.25, -0.2) is 9.78 Å². The van der Waals surface area contributed by atoms with Crippen molar-refractivity contribution in [1.82, 2.24) is 19.7 Å². The Morgan fingerprint density at radius 2 is 2.30 bits per heavy atom. The van der Waals surface area contributed by atoms with Crippen LogP contribution in [0.2, 0.25) is 5.02 Å². The van der Waals surface area contributed by atoms with Gasteiger partial charge >= 0.3 is 12.0 Å². The number of carboxylic acid groups (broad SMARTS) is 1. The molecule has 2 heterocycles. The van der Waals surface area contributed by atoms with Crippen LogP contribution in [0.25, 0.3) is 0 Å². The molecule has 2 rings (SSSR count). The number of ether oxygens (including phenoxy) is 1. The first-order valence-electron chi connectivity index (χ1n) is 5.55. The third kappa shape index (κ3) is 2.97. The van der Waals surface area contributed by atoms with Gasteiger partial charge in [0.15, 0.2) is 11.9 Å². The number of hydrogen-bond acceptors (Lipinski definition) is 6. The van der Waals surface area contributed by atoms with Gasteiger partial charge in [0.05, 0.1) is 19.5 Å². The molecule has 0 saturated carbocycles. The van der Waals surface area contributed by atoms with Crippen LogP contribution >= 0.6 is 11.6 Å². The summed E-state index contributed by atoms with van der Waals surface area (Å²) in [4.78, 5) is 19.2. The van der Waals surface area contributed by atoms with Gasteiger partial charge < -0.3 is 15.2 Å². The van der Waals surface area contributed by atoms with Crippen molar-refractivity contribution in [2.24, 2.45) is 7.05 Å². The lowest BCUT2D eigenvalue weighted by Crippen LogP contribution is -2.21. The summed E-state index contributed by atoms with van der Waals surface area (Å²) in [7, 11) is 3.10. The Balaban J connectivity index is 2.31. The first-order chi connectivity index (χ1) is 9.51. The highest BCUT2D eigenvalue weighted by Crippen LogP contribution is 2.25. The van der Waals surface area contributed by atoms with Crippen LogP contribution in [0.15, 0.2) is 18.6 Å². The Bertz CT molecular complexity index is 630. The number of carboxylic acids is 1. The number of aromatic nitrogens is 4. The minimum atomic E-state index is -1.08. The molecule has 8 nitrogen and oxygen atoms in total. The molecule has 0 amide bonds. The molecule has 0 aliphatic carbocycles. The number of halogens is 1. The van der Waals surface area contributed by atoms with Crippen molar-refractivity contribution in [3.8, 4) is 6.01 Å². The summed E-state index contributed by atoms with van der Waals surface area (Å²) in [5.41, 5.74) is 0.480. The third-order valence-corrected chi connectivity index (χ3v) is 2.77. The summed E-state index contributed by atoms with van der Waals surface area (Å²) < 4.78 is 6.39. The Kier molecular flexibility index (Phi) is 4.04. The van der Waals surface area contributed by atoms with Crippen LogP contribution in [0, 0.1) is 0 Å². The molecule has 2 aromatic heterocycles. The van der Waals surface area contributed by atoms with E-state index >= 15 is 0 Å². The maximum Gasteiger partial charge on any atom is 0.330 e. The fourth-order valence-electron chi connectivity index (χ4n) is 1.56. The highest BCUT2D eigenvalue weighted by Gasteiger charge is 2.23. The minimum Gasteiger partial charge on any atom is -0.479 e. The van der Waals surface area contributed by atoms with Crippen LogP contribution in [0.1, 0.15) is 11.6 Å². The van der Waals surface area contributed by atoms with Gasteiger partial charge in [-0.05, 0) is 0 Å². The molecule has 0 saturated heterocycles. The standard InChI is InChI=1S/C11H12ClN5O3/c1-17-5-6(3-14-17)8(10(18)19)15-9-7(12)4-13-11(16-9)20-2/h3-5,8H,1-2H3,(H,18,19)(H,13,15,16). The van der Waals surface area contributed by atoms with Gasteiger partial charge in [0.25, 0.3) is 0 Å². The maximum absolute atomic E-state index is 11.4. The molecule has 0 bridgehead atoms. The van der Waals surface area contributed by atoms with Crippen molar-refractivity contribution in [1.29, 1.82) is 0 Å². The average Bonchev–Trinajstić information content (AvgIpc) is 2.83. The predicted octanol–water partition coefficient (Wildman–Crippen LogP) is 1.11. The molecule has 0 aliphatic heterocycles. The number of nitrogens with one attached hydrogen (secondary N) is 1. The zero-order valence-corrected chi connectivity index (χ0v) is 11.5. The number of carbonyl (C=O) groups is 1. The number of nitrogens with zero attached hydrogens (tertiary/aromatic N) is 4. The summed E-state index contributed by atoms with van der Waals surface area (Å²) in [5, 5.41) is 16.2. The second-order valence-electron chi connectivity index (χ2n) is 3.92. The summed E-state index contributed by atoms with van der Waals surface area (Å²) in [6.45, 7) is 0. The second-order valence-corrected chi connectivity index (χ2v) is 4.32. The van der Waals surface area contributed by atoms with E-state index in [1.807, 2.05) is 0 Å². The van der Waals surface area contributed by atoms with E-state index in [9.17, 15) is 9.90 Å². The van der Waals surface area contributed by atoms with Gasteiger partial charge in [-0.1, -0.05) is 11.6 Å². The summed E-state index contributed by atoms with van der Waals surface area (Å²) in [5.74, 6) is -0.901. The maximum atomic E-state index is 11.4. The smallest absolute Gasteiger partial charge is 0.330 e. The lowest BCUT2D eigenvalue weighted by atomic mass is 10.1. The number of rotatable bonds is 5. The van der Waals surface area contributed by atoms with E-state index in [0.717, 1.165) is 0 Å². The zero-order chi connectivity index (χ0) is 14.7. The Morgan fingerprint density at radius 3 is 2.85 bits per heavy atom. The summed E-state index contributed by atoms with van der Waals surface area (Å²) >= 11 is 5.94. The van der Waals surface area contributed by atoms with E-state index in [4.69, 9.17) is 16.3 Å². The minimum absolute atomic E-state index is 0.0900. The van der Waals surface area contributed by atoms with Crippen molar-refractivity contribution in [3.05, 3.63) is 29.2 Å². The van der Waals surface area contributed by atoms with Crippen LogP contribution in [-0.4, -0.2) is 37.9 Å². The van der Waals surface area contributed by atoms with Crippen LogP contribution in [0.3, 0.4) is 0 Å². The number of methoxy groups -OCH3 is 1. The average molecular weight is 298 g/mol. The fourth-order valence-corrected chi connectivity index (χ4v) is 1.71. The normalized spacial score (nSPS) is 11.9. The van der Waals surface area contributed by atoms with E-state index in [2.05, 4.69) is 20.4 Å². The fraction of sp³-hybridized carbons (Fsp3) is 0.273. The topological polar surface area (TPSA) is 102 Å². The largest absolute Gasteiger partial charge is 0.479 e. The molecular formula is C11H12ClN5O3. The van der Waals surface area contributed by atoms with Crippen LogP contribution < -0.4 is 10.1 Å². The van der Waals surface area contributed by atoms with Gasteiger partial charge in [0.1, 0.15) is 5.02 Å². The summed E-state index contributed by atoms with van der Waals surface area (Å²) in [6.07, 6.45) is 4.38. The van der Waals surface area contributed by atoms with Crippen molar-refractivity contribution in [2.45, 2.75) is 6.04 Å². The van der Waals surface area contributed by atoms with Crippen molar-refractivity contribution < 1.29 is 14.6 Å². The molecule has 0 aromatic carbocycles. The molecule has 1 atom stereocenters. The Hall–Kier alpha value is -2.35. The number of aryl methyl sites for hydroxylation is 1.